The highest BCUT2D eigenvalue weighted by molar-refractivity contribution is 7.99. The molecule has 1 aliphatic rings. The van der Waals surface area contributed by atoms with Crippen LogP contribution in [0.1, 0.15) is 18.4 Å². The van der Waals surface area contributed by atoms with E-state index in [0.717, 1.165) is 19.4 Å². The van der Waals surface area contributed by atoms with Crippen molar-refractivity contribution in [2.24, 2.45) is 0 Å². The average Bonchev–Trinajstić information content (AvgIpc) is 2.99. The van der Waals surface area contributed by atoms with Gasteiger partial charge in [-0.1, -0.05) is 42.1 Å². The van der Waals surface area contributed by atoms with E-state index in [0.29, 0.717) is 6.54 Å². The van der Waals surface area contributed by atoms with E-state index < -0.39 is 5.97 Å². The molecule has 0 aliphatic carbocycles. The van der Waals surface area contributed by atoms with Gasteiger partial charge < -0.3 is 5.11 Å². The molecule has 3 nitrogen and oxygen atoms in total. The van der Waals surface area contributed by atoms with E-state index in [4.69, 9.17) is 0 Å². The monoisotopic (exact) mass is 313 g/mol. The Labute approximate surface area is 135 Å². The molecule has 1 aliphatic heterocycles. The number of carboxylic acid groups (broad SMARTS) is 1. The molecule has 2 aromatic carbocycles. The molecule has 0 bridgehead atoms. The van der Waals surface area contributed by atoms with Crippen LogP contribution in [0.3, 0.4) is 0 Å². The zero-order chi connectivity index (χ0) is 15.4. The van der Waals surface area contributed by atoms with E-state index in [-0.39, 0.29) is 6.04 Å². The van der Waals surface area contributed by atoms with Crippen LogP contribution in [0.15, 0.2) is 64.4 Å². The third-order valence-corrected chi connectivity index (χ3v) is 4.95. The fourth-order valence-electron chi connectivity index (χ4n) is 2.82. The minimum atomic E-state index is -0.700. The van der Waals surface area contributed by atoms with Crippen molar-refractivity contribution < 1.29 is 9.90 Å². The van der Waals surface area contributed by atoms with Gasteiger partial charge in [0.25, 0.3) is 0 Å². The SMILES string of the molecule is O=C(O)[C@H]1CCCN1Cc1ccc(Sc2ccccc2)cc1. The maximum atomic E-state index is 11.2. The number of likely N-dealkylation sites (tertiary alicyclic amines) is 1. The highest BCUT2D eigenvalue weighted by atomic mass is 32.2. The molecular weight excluding hydrogens is 294 g/mol. The molecule has 2 aromatic rings. The number of aliphatic carboxylic acids is 1. The summed E-state index contributed by atoms with van der Waals surface area (Å²) in [7, 11) is 0. The summed E-state index contributed by atoms with van der Waals surface area (Å²) in [5, 5.41) is 9.22. The van der Waals surface area contributed by atoms with Gasteiger partial charge in [0, 0.05) is 16.3 Å². The maximum absolute atomic E-state index is 11.2. The Morgan fingerprint density at radius 1 is 1.09 bits per heavy atom. The summed E-state index contributed by atoms with van der Waals surface area (Å²) in [6.07, 6.45) is 1.73. The predicted molar refractivity (Wildman–Crippen MR) is 88.1 cm³/mol. The average molecular weight is 313 g/mol. The van der Waals surface area contributed by atoms with Gasteiger partial charge in [-0.2, -0.15) is 0 Å². The van der Waals surface area contributed by atoms with Crippen LogP contribution in [0, 0.1) is 0 Å². The van der Waals surface area contributed by atoms with Gasteiger partial charge >= 0.3 is 5.97 Å². The lowest BCUT2D eigenvalue weighted by molar-refractivity contribution is -0.142. The van der Waals surface area contributed by atoms with Gasteiger partial charge in [0.05, 0.1) is 0 Å². The van der Waals surface area contributed by atoms with E-state index in [2.05, 4.69) is 41.3 Å². The fourth-order valence-corrected chi connectivity index (χ4v) is 3.65. The van der Waals surface area contributed by atoms with Crippen LogP contribution in [0.4, 0.5) is 0 Å². The first kappa shape index (κ1) is 15.1. The zero-order valence-electron chi connectivity index (χ0n) is 12.3. The van der Waals surface area contributed by atoms with Gasteiger partial charge in [-0.15, -0.1) is 0 Å². The van der Waals surface area contributed by atoms with E-state index in [9.17, 15) is 9.90 Å². The molecule has 1 heterocycles. The maximum Gasteiger partial charge on any atom is 0.320 e. The normalized spacial score (nSPS) is 18.5. The summed E-state index contributed by atoms with van der Waals surface area (Å²) in [5.74, 6) is -0.700. The number of carbonyl (C=O) groups is 1. The highest BCUT2D eigenvalue weighted by Gasteiger charge is 2.30. The van der Waals surface area contributed by atoms with Crippen molar-refractivity contribution in [2.45, 2.75) is 35.2 Å². The van der Waals surface area contributed by atoms with Crippen LogP contribution in [0.2, 0.25) is 0 Å². The molecule has 0 radical (unpaired) electrons. The number of benzene rings is 2. The first-order chi connectivity index (χ1) is 10.7. The zero-order valence-corrected chi connectivity index (χ0v) is 13.1. The smallest absolute Gasteiger partial charge is 0.320 e. The van der Waals surface area contributed by atoms with Gasteiger partial charge in [-0.25, -0.2) is 0 Å². The van der Waals surface area contributed by atoms with Crippen LogP contribution < -0.4 is 0 Å². The second-order valence-corrected chi connectivity index (χ2v) is 6.67. The minimum absolute atomic E-state index is 0.321. The molecule has 22 heavy (non-hydrogen) atoms. The fraction of sp³-hybridized carbons (Fsp3) is 0.278. The Morgan fingerprint density at radius 2 is 1.77 bits per heavy atom. The molecule has 4 heteroatoms. The lowest BCUT2D eigenvalue weighted by Crippen LogP contribution is -2.35. The molecule has 0 aromatic heterocycles. The van der Waals surface area contributed by atoms with Crippen molar-refractivity contribution in [3.63, 3.8) is 0 Å². The Hall–Kier alpha value is -1.78. The summed E-state index contributed by atoms with van der Waals surface area (Å²) >= 11 is 1.74. The summed E-state index contributed by atoms with van der Waals surface area (Å²) < 4.78 is 0. The van der Waals surface area contributed by atoms with Crippen molar-refractivity contribution >= 4 is 17.7 Å². The quantitative estimate of drug-likeness (QED) is 0.909. The third kappa shape index (κ3) is 3.70. The summed E-state index contributed by atoms with van der Waals surface area (Å²) in [6.45, 7) is 1.59. The Morgan fingerprint density at radius 3 is 2.45 bits per heavy atom. The van der Waals surface area contributed by atoms with Crippen molar-refractivity contribution in [2.75, 3.05) is 6.54 Å². The van der Waals surface area contributed by atoms with Crippen LogP contribution in [0.5, 0.6) is 0 Å². The molecule has 1 fully saturated rings. The van der Waals surface area contributed by atoms with Gasteiger partial charge in [-0.05, 0) is 49.2 Å². The topological polar surface area (TPSA) is 40.5 Å². The molecule has 1 atom stereocenters. The summed E-state index contributed by atoms with van der Waals surface area (Å²) in [4.78, 5) is 15.7. The van der Waals surface area contributed by atoms with Crippen LogP contribution in [-0.2, 0) is 11.3 Å². The lowest BCUT2D eigenvalue weighted by Gasteiger charge is -2.21. The summed E-state index contributed by atoms with van der Waals surface area (Å²) in [5.41, 5.74) is 1.17. The van der Waals surface area contributed by atoms with E-state index in [1.165, 1.54) is 15.4 Å². The molecule has 3 rings (SSSR count). The second-order valence-electron chi connectivity index (χ2n) is 5.53. The molecule has 0 saturated carbocycles. The standard InChI is InChI=1S/C18H19NO2S/c20-18(21)17-7-4-12-19(17)13-14-8-10-16(11-9-14)22-15-5-2-1-3-6-15/h1-3,5-6,8-11,17H,4,7,12-13H2,(H,20,21)/t17-/m1/s1. The molecule has 0 unspecified atom stereocenters. The largest absolute Gasteiger partial charge is 0.480 e. The molecule has 114 valence electrons. The van der Waals surface area contributed by atoms with Crippen LogP contribution in [0.25, 0.3) is 0 Å². The number of rotatable bonds is 5. The van der Waals surface area contributed by atoms with Crippen molar-refractivity contribution in [1.29, 1.82) is 0 Å². The van der Waals surface area contributed by atoms with Crippen molar-refractivity contribution in [3.05, 3.63) is 60.2 Å². The molecule has 1 saturated heterocycles. The van der Waals surface area contributed by atoms with Gasteiger partial charge in [0.2, 0.25) is 0 Å². The first-order valence-corrected chi connectivity index (χ1v) is 8.33. The van der Waals surface area contributed by atoms with Crippen molar-refractivity contribution in [1.82, 2.24) is 4.90 Å². The number of hydrogen-bond donors (Lipinski definition) is 1. The Balaban J connectivity index is 1.63. The van der Waals surface area contributed by atoms with Crippen LogP contribution in [-0.4, -0.2) is 28.6 Å². The predicted octanol–water partition coefficient (Wildman–Crippen LogP) is 3.89. The Bertz CT molecular complexity index is 627. The van der Waals surface area contributed by atoms with Gasteiger partial charge in [0.15, 0.2) is 0 Å². The number of nitrogens with zero attached hydrogens (tertiary/aromatic N) is 1. The van der Waals surface area contributed by atoms with Crippen LogP contribution >= 0.6 is 11.8 Å². The molecular formula is C18H19NO2S. The minimum Gasteiger partial charge on any atom is -0.480 e. The van der Waals surface area contributed by atoms with Gasteiger partial charge in [0.1, 0.15) is 6.04 Å². The lowest BCUT2D eigenvalue weighted by atomic mass is 10.2. The summed E-state index contributed by atoms with van der Waals surface area (Å²) in [6, 6.07) is 18.4. The molecule has 1 N–H and O–H groups in total. The highest BCUT2D eigenvalue weighted by Crippen LogP contribution is 2.28. The van der Waals surface area contributed by atoms with E-state index >= 15 is 0 Å². The second kappa shape index (κ2) is 6.99. The van der Waals surface area contributed by atoms with E-state index in [1.54, 1.807) is 11.8 Å². The van der Waals surface area contributed by atoms with Crippen molar-refractivity contribution in [3.8, 4) is 0 Å². The molecule has 0 amide bonds. The van der Waals surface area contributed by atoms with Gasteiger partial charge in [-0.3, -0.25) is 9.69 Å². The third-order valence-electron chi connectivity index (χ3n) is 3.94. The molecule has 0 spiro atoms. The Kier molecular flexibility index (Phi) is 4.80. The first-order valence-electron chi connectivity index (χ1n) is 7.51. The number of carboxylic acids is 1. The van der Waals surface area contributed by atoms with E-state index in [1.807, 2.05) is 18.2 Å². The number of hydrogen-bond acceptors (Lipinski definition) is 3.